The Balaban J connectivity index is 2.71. The van der Waals surface area contributed by atoms with Gasteiger partial charge in [0, 0.05) is 11.3 Å². The third-order valence-electron chi connectivity index (χ3n) is 2.07. The number of hydrogen-bond acceptors (Lipinski definition) is 4. The van der Waals surface area contributed by atoms with Gasteiger partial charge in [0.1, 0.15) is 23.2 Å². The molecule has 0 radical (unpaired) electrons. The zero-order chi connectivity index (χ0) is 10.8. The third kappa shape index (κ3) is 1.55. The molecule has 74 valence electrons. The summed E-state index contributed by atoms with van der Waals surface area (Å²) in [6, 6.07) is 7.37. The average molecular weight is 199 g/mol. The Bertz CT molecular complexity index is 524. The minimum atomic E-state index is 0.240. The van der Waals surface area contributed by atoms with E-state index in [1.54, 1.807) is 24.5 Å². The van der Waals surface area contributed by atoms with Crippen LogP contribution in [0.1, 0.15) is 11.3 Å². The number of nitrogen functional groups attached to an aromatic ring is 1. The Morgan fingerprint density at radius 3 is 2.93 bits per heavy atom. The standard InChI is InChI=1S/C11H9N3O/c1-7-5-8(10-3-2-4-15-10)9(6-12)11(13)14-7/h2-5H,1H3,(H2,13,14). The van der Waals surface area contributed by atoms with Crippen molar-refractivity contribution < 1.29 is 4.42 Å². The Morgan fingerprint density at radius 1 is 1.53 bits per heavy atom. The van der Waals surface area contributed by atoms with E-state index in [4.69, 9.17) is 15.4 Å². The van der Waals surface area contributed by atoms with Crippen LogP contribution in [0.25, 0.3) is 11.3 Å². The van der Waals surface area contributed by atoms with Crippen LogP contribution in [0.4, 0.5) is 5.82 Å². The summed E-state index contributed by atoms with van der Waals surface area (Å²) < 4.78 is 5.24. The van der Waals surface area contributed by atoms with Crippen molar-refractivity contribution in [3.63, 3.8) is 0 Å². The molecule has 0 fully saturated rings. The predicted octanol–water partition coefficient (Wildman–Crippen LogP) is 2.10. The second-order valence-electron chi connectivity index (χ2n) is 3.16. The molecule has 0 saturated heterocycles. The zero-order valence-electron chi connectivity index (χ0n) is 8.19. The first kappa shape index (κ1) is 9.28. The van der Waals surface area contributed by atoms with Crippen LogP contribution in [0.15, 0.2) is 28.9 Å². The molecular formula is C11H9N3O. The van der Waals surface area contributed by atoms with E-state index in [2.05, 4.69) is 4.98 Å². The van der Waals surface area contributed by atoms with Gasteiger partial charge in [0.05, 0.1) is 6.26 Å². The molecule has 2 rings (SSSR count). The highest BCUT2D eigenvalue weighted by molar-refractivity contribution is 5.72. The van der Waals surface area contributed by atoms with Crippen LogP contribution in [0.3, 0.4) is 0 Å². The average Bonchev–Trinajstić information content (AvgIpc) is 2.69. The van der Waals surface area contributed by atoms with Crippen LogP contribution < -0.4 is 5.73 Å². The maximum absolute atomic E-state index is 8.98. The molecule has 2 heterocycles. The number of furan rings is 1. The van der Waals surface area contributed by atoms with Gasteiger partial charge < -0.3 is 10.2 Å². The van der Waals surface area contributed by atoms with Gasteiger partial charge in [-0.2, -0.15) is 5.26 Å². The van der Waals surface area contributed by atoms with Crippen LogP contribution in [0.5, 0.6) is 0 Å². The van der Waals surface area contributed by atoms with Gasteiger partial charge in [0.15, 0.2) is 0 Å². The van der Waals surface area contributed by atoms with Crippen molar-refractivity contribution in [1.82, 2.24) is 4.98 Å². The van der Waals surface area contributed by atoms with Crippen LogP contribution in [0, 0.1) is 18.3 Å². The molecule has 2 aromatic heterocycles. The Kier molecular flexibility index (Phi) is 2.14. The van der Waals surface area contributed by atoms with Crippen LogP contribution in [0.2, 0.25) is 0 Å². The Morgan fingerprint density at radius 2 is 2.33 bits per heavy atom. The summed E-state index contributed by atoms with van der Waals surface area (Å²) in [5, 5.41) is 8.98. The molecule has 0 spiro atoms. The molecular weight excluding hydrogens is 190 g/mol. The molecule has 0 atom stereocenters. The second-order valence-corrected chi connectivity index (χ2v) is 3.16. The summed E-state index contributed by atoms with van der Waals surface area (Å²) >= 11 is 0. The monoisotopic (exact) mass is 199 g/mol. The summed E-state index contributed by atoms with van der Waals surface area (Å²) in [6.07, 6.45) is 1.56. The summed E-state index contributed by atoms with van der Waals surface area (Å²) in [6.45, 7) is 1.82. The lowest BCUT2D eigenvalue weighted by atomic mass is 10.1. The number of nitriles is 1. The van der Waals surface area contributed by atoms with Gasteiger partial charge >= 0.3 is 0 Å². The normalized spacial score (nSPS) is 9.87. The minimum absolute atomic E-state index is 0.240. The van der Waals surface area contributed by atoms with Gasteiger partial charge in [0.2, 0.25) is 0 Å². The van der Waals surface area contributed by atoms with E-state index in [1.165, 1.54) is 0 Å². The van der Waals surface area contributed by atoms with Crippen molar-refractivity contribution in [3.05, 3.63) is 35.7 Å². The van der Waals surface area contributed by atoms with E-state index < -0.39 is 0 Å². The van der Waals surface area contributed by atoms with E-state index in [-0.39, 0.29) is 5.82 Å². The number of hydrogen-bond donors (Lipinski definition) is 1. The number of pyridine rings is 1. The number of aromatic nitrogens is 1. The Labute approximate surface area is 87.0 Å². The fraction of sp³-hybridized carbons (Fsp3) is 0.0909. The van der Waals surface area contributed by atoms with Crippen molar-refractivity contribution in [2.75, 3.05) is 5.73 Å². The van der Waals surface area contributed by atoms with E-state index in [0.29, 0.717) is 16.9 Å². The van der Waals surface area contributed by atoms with Gasteiger partial charge in [-0.1, -0.05) is 0 Å². The largest absolute Gasteiger partial charge is 0.464 e. The van der Waals surface area contributed by atoms with Crippen molar-refractivity contribution in [1.29, 1.82) is 5.26 Å². The molecule has 0 aliphatic carbocycles. The highest BCUT2D eigenvalue weighted by Crippen LogP contribution is 2.27. The van der Waals surface area contributed by atoms with E-state index in [0.717, 1.165) is 5.69 Å². The lowest BCUT2D eigenvalue weighted by Crippen LogP contribution is -1.98. The highest BCUT2D eigenvalue weighted by atomic mass is 16.3. The first-order valence-corrected chi connectivity index (χ1v) is 4.43. The van der Waals surface area contributed by atoms with Crippen LogP contribution in [-0.2, 0) is 0 Å². The van der Waals surface area contributed by atoms with E-state index in [1.807, 2.05) is 13.0 Å². The van der Waals surface area contributed by atoms with Gasteiger partial charge in [-0.05, 0) is 25.1 Å². The lowest BCUT2D eigenvalue weighted by molar-refractivity contribution is 0.582. The van der Waals surface area contributed by atoms with Crippen molar-refractivity contribution in [2.24, 2.45) is 0 Å². The fourth-order valence-corrected chi connectivity index (χ4v) is 1.44. The quantitative estimate of drug-likeness (QED) is 0.763. The molecule has 2 aromatic rings. The topological polar surface area (TPSA) is 75.8 Å². The van der Waals surface area contributed by atoms with Gasteiger partial charge in [-0.15, -0.1) is 0 Å². The summed E-state index contributed by atoms with van der Waals surface area (Å²) in [5.41, 5.74) is 7.47. The number of aryl methyl sites for hydroxylation is 1. The predicted molar refractivity (Wildman–Crippen MR) is 55.8 cm³/mol. The summed E-state index contributed by atoms with van der Waals surface area (Å²) in [4.78, 5) is 4.03. The second kappa shape index (κ2) is 3.46. The molecule has 0 aromatic carbocycles. The van der Waals surface area contributed by atoms with Crippen molar-refractivity contribution >= 4 is 5.82 Å². The molecule has 15 heavy (non-hydrogen) atoms. The number of rotatable bonds is 1. The molecule has 0 bridgehead atoms. The first-order chi connectivity index (χ1) is 7.22. The maximum Gasteiger partial charge on any atom is 0.142 e. The minimum Gasteiger partial charge on any atom is -0.464 e. The molecule has 0 unspecified atom stereocenters. The van der Waals surface area contributed by atoms with Crippen LogP contribution in [-0.4, -0.2) is 4.98 Å². The molecule has 0 aliphatic rings. The maximum atomic E-state index is 8.98. The van der Waals surface area contributed by atoms with Gasteiger partial charge in [-0.3, -0.25) is 0 Å². The van der Waals surface area contributed by atoms with Crippen LogP contribution >= 0.6 is 0 Å². The number of nitrogens with two attached hydrogens (primary N) is 1. The molecule has 4 nitrogen and oxygen atoms in total. The lowest BCUT2D eigenvalue weighted by Gasteiger charge is -2.04. The fourth-order valence-electron chi connectivity index (χ4n) is 1.44. The first-order valence-electron chi connectivity index (χ1n) is 4.43. The number of nitrogens with zero attached hydrogens (tertiary/aromatic N) is 2. The van der Waals surface area contributed by atoms with Crippen molar-refractivity contribution in [2.45, 2.75) is 6.92 Å². The van der Waals surface area contributed by atoms with E-state index >= 15 is 0 Å². The molecule has 0 aliphatic heterocycles. The zero-order valence-corrected chi connectivity index (χ0v) is 8.19. The smallest absolute Gasteiger partial charge is 0.142 e. The highest BCUT2D eigenvalue weighted by Gasteiger charge is 2.12. The third-order valence-corrected chi connectivity index (χ3v) is 2.07. The molecule has 0 saturated carbocycles. The summed E-state index contributed by atoms with van der Waals surface area (Å²) in [7, 11) is 0. The molecule has 0 amide bonds. The van der Waals surface area contributed by atoms with Crippen molar-refractivity contribution in [3.8, 4) is 17.4 Å². The van der Waals surface area contributed by atoms with Gasteiger partial charge in [-0.25, -0.2) is 4.98 Å². The summed E-state index contributed by atoms with van der Waals surface area (Å²) in [5.74, 6) is 0.868. The van der Waals surface area contributed by atoms with Gasteiger partial charge in [0.25, 0.3) is 0 Å². The molecule has 2 N–H and O–H groups in total. The van der Waals surface area contributed by atoms with E-state index in [9.17, 15) is 0 Å². The molecule has 4 heteroatoms. The SMILES string of the molecule is Cc1cc(-c2ccco2)c(C#N)c(N)n1. The Hall–Kier alpha value is -2.28. The number of anilines is 1.